The van der Waals surface area contributed by atoms with Crippen molar-refractivity contribution in [3.05, 3.63) is 40.8 Å². The van der Waals surface area contributed by atoms with E-state index in [1.807, 2.05) is 13.8 Å². The minimum absolute atomic E-state index is 0.00829. The minimum atomic E-state index is -0.00829. The highest BCUT2D eigenvalue weighted by Gasteiger charge is 2.06. The predicted molar refractivity (Wildman–Crippen MR) is 59.4 cm³/mol. The van der Waals surface area contributed by atoms with Gasteiger partial charge in [-0.3, -0.25) is 4.79 Å². The van der Waals surface area contributed by atoms with Gasteiger partial charge in [-0.2, -0.15) is 0 Å². The van der Waals surface area contributed by atoms with Crippen molar-refractivity contribution >= 4 is 5.69 Å². The molecule has 1 rings (SSSR count). The third-order valence-corrected chi connectivity index (χ3v) is 2.31. The molecule has 0 spiro atoms. The second kappa shape index (κ2) is 4.13. The number of anilines is 1. The maximum absolute atomic E-state index is 11.6. The van der Waals surface area contributed by atoms with Crippen LogP contribution in [0.5, 0.6) is 0 Å². The van der Waals surface area contributed by atoms with Gasteiger partial charge in [-0.25, -0.2) is 0 Å². The van der Waals surface area contributed by atoms with E-state index in [9.17, 15) is 4.79 Å². The first-order chi connectivity index (χ1) is 6.56. The first-order valence-electron chi connectivity index (χ1n) is 4.65. The Hall–Kier alpha value is -1.51. The Morgan fingerprint density at radius 1 is 1.71 bits per heavy atom. The van der Waals surface area contributed by atoms with Crippen molar-refractivity contribution in [1.29, 1.82) is 0 Å². The largest absolute Gasteiger partial charge is 0.397 e. The number of aromatic nitrogens is 1. The molecule has 3 nitrogen and oxygen atoms in total. The molecule has 0 aliphatic carbocycles. The molecule has 0 fully saturated rings. The molecule has 0 saturated carbocycles. The van der Waals surface area contributed by atoms with Gasteiger partial charge in [0.05, 0.1) is 5.69 Å². The molecule has 1 aromatic heterocycles. The van der Waals surface area contributed by atoms with Crippen molar-refractivity contribution in [3.63, 3.8) is 0 Å². The Morgan fingerprint density at radius 3 is 2.93 bits per heavy atom. The molecule has 0 amide bonds. The summed E-state index contributed by atoms with van der Waals surface area (Å²) in [4.78, 5) is 11.6. The van der Waals surface area contributed by atoms with Gasteiger partial charge in [0.15, 0.2) is 0 Å². The average molecular weight is 192 g/mol. The van der Waals surface area contributed by atoms with E-state index in [0.717, 1.165) is 12.0 Å². The SMILES string of the molecule is C=CCC(C)n1cc(N)c(C)cc1=O. The van der Waals surface area contributed by atoms with Crippen LogP contribution in [0.25, 0.3) is 0 Å². The first-order valence-corrected chi connectivity index (χ1v) is 4.65. The topological polar surface area (TPSA) is 48.0 Å². The number of hydrogen-bond donors (Lipinski definition) is 1. The van der Waals surface area contributed by atoms with Crippen LogP contribution in [0.1, 0.15) is 24.9 Å². The Labute approximate surface area is 83.9 Å². The van der Waals surface area contributed by atoms with Crippen LogP contribution in [0, 0.1) is 6.92 Å². The lowest BCUT2D eigenvalue weighted by atomic mass is 10.2. The van der Waals surface area contributed by atoms with Crippen LogP contribution in [0.2, 0.25) is 0 Å². The van der Waals surface area contributed by atoms with E-state index in [1.54, 1.807) is 22.9 Å². The van der Waals surface area contributed by atoms with E-state index >= 15 is 0 Å². The van der Waals surface area contributed by atoms with Crippen LogP contribution >= 0.6 is 0 Å². The number of nitrogens with zero attached hydrogens (tertiary/aromatic N) is 1. The lowest BCUT2D eigenvalue weighted by molar-refractivity contribution is 0.537. The van der Waals surface area contributed by atoms with Gasteiger partial charge in [-0.15, -0.1) is 6.58 Å². The minimum Gasteiger partial charge on any atom is -0.397 e. The molecule has 0 bridgehead atoms. The van der Waals surface area contributed by atoms with Gasteiger partial charge in [0, 0.05) is 18.3 Å². The molecule has 14 heavy (non-hydrogen) atoms. The Morgan fingerprint density at radius 2 is 2.36 bits per heavy atom. The molecular formula is C11H16N2O. The molecule has 0 saturated heterocycles. The zero-order valence-corrected chi connectivity index (χ0v) is 8.66. The molecule has 1 unspecified atom stereocenters. The molecular weight excluding hydrogens is 176 g/mol. The molecule has 1 atom stereocenters. The number of allylic oxidation sites excluding steroid dienone is 1. The molecule has 2 N–H and O–H groups in total. The number of nitrogens with two attached hydrogens (primary N) is 1. The van der Waals surface area contributed by atoms with Crippen LogP contribution in [-0.2, 0) is 0 Å². The molecule has 1 heterocycles. The van der Waals surface area contributed by atoms with Gasteiger partial charge in [-0.05, 0) is 25.8 Å². The average Bonchev–Trinajstić information content (AvgIpc) is 2.11. The molecule has 0 aliphatic heterocycles. The Balaban J connectivity index is 3.15. The fourth-order valence-electron chi connectivity index (χ4n) is 1.36. The second-order valence-electron chi connectivity index (χ2n) is 3.53. The molecule has 3 heteroatoms. The summed E-state index contributed by atoms with van der Waals surface area (Å²) in [7, 11) is 0. The van der Waals surface area contributed by atoms with Crippen molar-refractivity contribution < 1.29 is 0 Å². The highest BCUT2D eigenvalue weighted by molar-refractivity contribution is 5.43. The lowest BCUT2D eigenvalue weighted by Crippen LogP contribution is -2.23. The summed E-state index contributed by atoms with van der Waals surface area (Å²) in [5.74, 6) is 0. The van der Waals surface area contributed by atoms with E-state index in [-0.39, 0.29) is 11.6 Å². The summed E-state index contributed by atoms with van der Waals surface area (Å²) in [5.41, 5.74) is 7.21. The van der Waals surface area contributed by atoms with Crippen LogP contribution in [0.15, 0.2) is 29.7 Å². The smallest absolute Gasteiger partial charge is 0.251 e. The number of nitrogen functional groups attached to an aromatic ring is 1. The molecule has 0 aliphatic rings. The standard InChI is InChI=1S/C11H16N2O/c1-4-5-9(3)13-7-10(12)8(2)6-11(13)14/h4,6-7,9H,1,5,12H2,2-3H3. The zero-order valence-electron chi connectivity index (χ0n) is 8.66. The van der Waals surface area contributed by atoms with Crippen LogP contribution < -0.4 is 11.3 Å². The van der Waals surface area contributed by atoms with E-state index in [0.29, 0.717) is 5.69 Å². The van der Waals surface area contributed by atoms with Crippen molar-refractivity contribution in [3.8, 4) is 0 Å². The monoisotopic (exact) mass is 192 g/mol. The maximum Gasteiger partial charge on any atom is 0.251 e. The quantitative estimate of drug-likeness (QED) is 0.743. The molecule has 76 valence electrons. The van der Waals surface area contributed by atoms with E-state index < -0.39 is 0 Å². The van der Waals surface area contributed by atoms with Gasteiger partial charge < -0.3 is 10.3 Å². The third kappa shape index (κ3) is 2.05. The summed E-state index contributed by atoms with van der Waals surface area (Å²) in [6.07, 6.45) is 4.27. The summed E-state index contributed by atoms with van der Waals surface area (Å²) in [5, 5.41) is 0. The van der Waals surface area contributed by atoms with Gasteiger partial charge in [0.25, 0.3) is 5.56 Å². The van der Waals surface area contributed by atoms with E-state index in [2.05, 4.69) is 6.58 Å². The van der Waals surface area contributed by atoms with Crippen molar-refractivity contribution in [2.45, 2.75) is 26.3 Å². The van der Waals surface area contributed by atoms with Crippen LogP contribution in [-0.4, -0.2) is 4.57 Å². The fourth-order valence-corrected chi connectivity index (χ4v) is 1.36. The van der Waals surface area contributed by atoms with Gasteiger partial charge >= 0.3 is 0 Å². The number of aryl methyl sites for hydroxylation is 1. The van der Waals surface area contributed by atoms with Crippen molar-refractivity contribution in [2.24, 2.45) is 0 Å². The summed E-state index contributed by atoms with van der Waals surface area (Å²) in [6.45, 7) is 7.45. The van der Waals surface area contributed by atoms with Crippen LogP contribution in [0.4, 0.5) is 5.69 Å². The predicted octanol–water partition coefficient (Wildman–Crippen LogP) is 1.88. The third-order valence-electron chi connectivity index (χ3n) is 2.31. The second-order valence-corrected chi connectivity index (χ2v) is 3.53. The summed E-state index contributed by atoms with van der Waals surface area (Å²) < 4.78 is 1.64. The molecule has 0 radical (unpaired) electrons. The highest BCUT2D eigenvalue weighted by Crippen LogP contribution is 2.12. The number of hydrogen-bond acceptors (Lipinski definition) is 2. The first kappa shape index (κ1) is 10.6. The van der Waals surface area contributed by atoms with Crippen molar-refractivity contribution in [1.82, 2.24) is 4.57 Å². The molecule has 0 aromatic carbocycles. The van der Waals surface area contributed by atoms with Crippen LogP contribution in [0.3, 0.4) is 0 Å². The summed E-state index contributed by atoms with van der Waals surface area (Å²) in [6, 6.07) is 1.68. The van der Waals surface area contributed by atoms with Gasteiger partial charge in [0.1, 0.15) is 0 Å². The van der Waals surface area contributed by atoms with Gasteiger partial charge in [-0.1, -0.05) is 6.08 Å². The Bertz CT molecular complexity index is 393. The zero-order chi connectivity index (χ0) is 10.7. The van der Waals surface area contributed by atoms with E-state index in [1.165, 1.54) is 0 Å². The Kier molecular flexibility index (Phi) is 3.12. The normalized spacial score (nSPS) is 12.4. The lowest BCUT2D eigenvalue weighted by Gasteiger charge is -2.14. The highest BCUT2D eigenvalue weighted by atomic mass is 16.1. The maximum atomic E-state index is 11.6. The summed E-state index contributed by atoms with van der Waals surface area (Å²) >= 11 is 0. The fraction of sp³-hybridized carbons (Fsp3) is 0.364. The van der Waals surface area contributed by atoms with E-state index in [4.69, 9.17) is 5.73 Å². The number of pyridine rings is 1. The van der Waals surface area contributed by atoms with Crippen molar-refractivity contribution in [2.75, 3.05) is 5.73 Å². The molecule has 1 aromatic rings. The van der Waals surface area contributed by atoms with Gasteiger partial charge in [0.2, 0.25) is 0 Å². The number of rotatable bonds is 3.